The van der Waals surface area contributed by atoms with Gasteiger partial charge in [0, 0.05) is 25.3 Å². The van der Waals surface area contributed by atoms with Crippen molar-refractivity contribution in [3.63, 3.8) is 0 Å². The van der Waals surface area contributed by atoms with Crippen LogP contribution in [0.3, 0.4) is 0 Å². The van der Waals surface area contributed by atoms with Gasteiger partial charge in [-0.2, -0.15) is 0 Å². The van der Waals surface area contributed by atoms with Gasteiger partial charge in [0.2, 0.25) is 21.8 Å². The first-order chi connectivity index (χ1) is 17.1. The van der Waals surface area contributed by atoms with Gasteiger partial charge in [0.05, 0.1) is 30.2 Å². The van der Waals surface area contributed by atoms with E-state index in [1.807, 2.05) is 16.9 Å². The highest BCUT2D eigenvalue weighted by Crippen LogP contribution is 2.57. The van der Waals surface area contributed by atoms with E-state index in [4.69, 9.17) is 4.74 Å². The number of carbonyl (C=O) groups excluding carboxylic acids is 4. The molecule has 2 heterocycles. The van der Waals surface area contributed by atoms with Crippen molar-refractivity contribution in [3.8, 4) is 0 Å². The van der Waals surface area contributed by atoms with Crippen LogP contribution in [0.4, 0.5) is 0 Å². The Hall–Kier alpha value is -2.27. The van der Waals surface area contributed by atoms with Crippen LogP contribution in [-0.2, 0) is 33.9 Å². The van der Waals surface area contributed by atoms with Crippen molar-refractivity contribution in [3.05, 3.63) is 12.2 Å². The summed E-state index contributed by atoms with van der Waals surface area (Å²) < 4.78 is 31.0. The number of hydrogen-bond donors (Lipinski definition) is 2. The van der Waals surface area contributed by atoms with Crippen LogP contribution in [0.5, 0.6) is 0 Å². The van der Waals surface area contributed by atoms with Crippen molar-refractivity contribution in [2.24, 2.45) is 17.3 Å². The largest absolute Gasteiger partial charge is 0.460 e. The number of nitrogens with one attached hydrogen (secondary N) is 1. The standard InChI is InChI=1S/C26H40N2O8S/c1-25(2,3)36-22(31)12-17-10-8-6-5-7-9-11-18-14-26(18,24(33)27-37(4,34)35)15-21(30)20-13-19(29)16-28(20)23(17)32/h9,11,17-20,29H,5-8,10,12-16H2,1-4H3,(H,27,33)/b11-9-/t17-,18-,19-,20+,26-/m1/s1. The summed E-state index contributed by atoms with van der Waals surface area (Å²) in [6.07, 6.45) is 7.44. The minimum atomic E-state index is -3.82. The first-order valence-corrected chi connectivity index (χ1v) is 14.9. The van der Waals surface area contributed by atoms with Gasteiger partial charge in [-0.05, 0) is 52.4 Å². The predicted molar refractivity (Wildman–Crippen MR) is 135 cm³/mol. The van der Waals surface area contributed by atoms with Gasteiger partial charge in [0.1, 0.15) is 5.60 Å². The molecule has 11 heteroatoms. The molecule has 0 radical (unpaired) electrons. The number of aliphatic hydroxyl groups is 1. The molecule has 2 fully saturated rings. The molecule has 0 spiro atoms. The maximum absolute atomic E-state index is 13.6. The van der Waals surface area contributed by atoms with Crippen molar-refractivity contribution >= 4 is 33.6 Å². The van der Waals surface area contributed by atoms with Crippen LogP contribution in [0.25, 0.3) is 0 Å². The molecular formula is C26H40N2O8S. The fourth-order valence-corrected chi connectivity index (χ4v) is 5.95. The molecule has 208 valence electrons. The molecule has 3 rings (SSSR count). The molecule has 0 unspecified atom stereocenters. The van der Waals surface area contributed by atoms with Gasteiger partial charge in [-0.25, -0.2) is 8.42 Å². The van der Waals surface area contributed by atoms with E-state index >= 15 is 0 Å². The second-order valence-corrected chi connectivity index (χ2v) is 13.5. The summed E-state index contributed by atoms with van der Waals surface area (Å²) in [7, 11) is -3.82. The highest BCUT2D eigenvalue weighted by atomic mass is 32.2. The number of nitrogens with zero attached hydrogens (tertiary/aromatic N) is 1. The maximum Gasteiger partial charge on any atom is 0.307 e. The number of ether oxygens (including phenoxy) is 1. The van der Waals surface area contributed by atoms with Crippen LogP contribution in [0.2, 0.25) is 0 Å². The van der Waals surface area contributed by atoms with Gasteiger partial charge in [-0.1, -0.05) is 25.0 Å². The molecule has 1 saturated carbocycles. The fraction of sp³-hybridized carbons (Fsp3) is 0.769. The van der Waals surface area contributed by atoms with Gasteiger partial charge in [-0.3, -0.25) is 23.9 Å². The van der Waals surface area contributed by atoms with E-state index < -0.39 is 56.8 Å². The zero-order valence-electron chi connectivity index (χ0n) is 22.2. The summed E-state index contributed by atoms with van der Waals surface area (Å²) in [4.78, 5) is 54.0. The molecule has 3 aliphatic rings. The predicted octanol–water partition coefficient (Wildman–Crippen LogP) is 1.86. The lowest BCUT2D eigenvalue weighted by Crippen LogP contribution is -2.46. The summed E-state index contributed by atoms with van der Waals surface area (Å²) in [5.41, 5.74) is -1.90. The Morgan fingerprint density at radius 2 is 1.92 bits per heavy atom. The minimum absolute atomic E-state index is 0.0357. The molecule has 1 aliphatic carbocycles. The number of carbonyl (C=O) groups is 4. The molecular weight excluding hydrogens is 500 g/mol. The number of sulfonamides is 1. The number of fused-ring (bicyclic) bond motifs is 2. The van der Waals surface area contributed by atoms with Crippen LogP contribution in [0.1, 0.15) is 78.6 Å². The molecule has 1 saturated heterocycles. The number of ketones is 1. The summed E-state index contributed by atoms with van der Waals surface area (Å²) in [6.45, 7) is 5.22. The monoisotopic (exact) mass is 540 g/mol. The number of Topliss-reactive ketones (excluding diaryl/α,β-unsaturated/α-hetero) is 1. The van der Waals surface area contributed by atoms with Crippen LogP contribution < -0.4 is 4.72 Å². The van der Waals surface area contributed by atoms with Crippen molar-refractivity contribution in [2.75, 3.05) is 12.8 Å². The van der Waals surface area contributed by atoms with E-state index in [9.17, 15) is 32.7 Å². The summed E-state index contributed by atoms with van der Waals surface area (Å²) >= 11 is 0. The van der Waals surface area contributed by atoms with Gasteiger partial charge < -0.3 is 14.7 Å². The molecule has 2 aliphatic heterocycles. The molecule has 2 N–H and O–H groups in total. The van der Waals surface area contributed by atoms with Crippen molar-refractivity contribution < 1.29 is 37.4 Å². The molecule has 0 aromatic heterocycles. The highest BCUT2D eigenvalue weighted by Gasteiger charge is 2.61. The number of aliphatic hydroxyl groups excluding tert-OH is 1. The Morgan fingerprint density at radius 3 is 2.57 bits per heavy atom. The fourth-order valence-electron chi connectivity index (χ4n) is 5.41. The molecule has 0 aromatic rings. The third-order valence-electron chi connectivity index (χ3n) is 7.26. The third-order valence-corrected chi connectivity index (χ3v) is 7.82. The summed E-state index contributed by atoms with van der Waals surface area (Å²) in [6, 6.07) is -0.943. The van der Waals surface area contributed by atoms with Gasteiger partial charge in [0.15, 0.2) is 5.78 Å². The Bertz CT molecular complexity index is 1050. The number of amides is 2. The molecule has 5 atom stereocenters. The first-order valence-electron chi connectivity index (χ1n) is 13.0. The Kier molecular flexibility index (Phi) is 8.89. The highest BCUT2D eigenvalue weighted by molar-refractivity contribution is 7.89. The SMILES string of the molecule is CC(C)(C)OC(=O)C[C@H]1CCCCC/C=C\[C@@H]2C[C@@]2(C(=O)NS(C)(=O)=O)CC(=O)[C@@H]2C[C@@H](O)CN2C1=O. The topological polar surface area (TPSA) is 147 Å². The van der Waals surface area contributed by atoms with Gasteiger partial charge >= 0.3 is 5.97 Å². The van der Waals surface area contributed by atoms with Crippen LogP contribution in [0.15, 0.2) is 12.2 Å². The number of hydrogen-bond acceptors (Lipinski definition) is 8. The zero-order valence-corrected chi connectivity index (χ0v) is 23.0. The lowest BCUT2D eigenvalue weighted by molar-refractivity contribution is -0.159. The first kappa shape index (κ1) is 29.3. The van der Waals surface area contributed by atoms with Crippen LogP contribution >= 0.6 is 0 Å². The Labute approximate surface area is 219 Å². The van der Waals surface area contributed by atoms with Crippen LogP contribution in [0, 0.1) is 17.3 Å². The Balaban J connectivity index is 1.87. The molecule has 10 nitrogen and oxygen atoms in total. The molecule has 37 heavy (non-hydrogen) atoms. The average molecular weight is 541 g/mol. The summed E-state index contributed by atoms with van der Waals surface area (Å²) in [5.74, 6) is -2.95. The van der Waals surface area contributed by atoms with Crippen LogP contribution in [-0.4, -0.2) is 72.5 Å². The molecule has 0 bridgehead atoms. The quantitative estimate of drug-likeness (QED) is 0.406. The van der Waals surface area contributed by atoms with Crippen molar-refractivity contribution in [1.82, 2.24) is 9.62 Å². The van der Waals surface area contributed by atoms with Gasteiger partial charge in [0.25, 0.3) is 0 Å². The lowest BCUT2D eigenvalue weighted by Gasteiger charge is -2.29. The second kappa shape index (κ2) is 11.2. The molecule has 2 amide bonds. The van der Waals surface area contributed by atoms with Crippen molar-refractivity contribution in [2.45, 2.75) is 96.3 Å². The normalized spacial score (nSPS) is 32.4. The van der Waals surface area contributed by atoms with E-state index in [-0.39, 0.29) is 37.6 Å². The zero-order chi connectivity index (χ0) is 27.6. The third kappa shape index (κ3) is 7.86. The number of allylic oxidation sites excluding steroid dienone is 2. The second-order valence-electron chi connectivity index (χ2n) is 11.8. The van der Waals surface area contributed by atoms with Gasteiger partial charge in [-0.15, -0.1) is 0 Å². The Morgan fingerprint density at radius 1 is 1.22 bits per heavy atom. The lowest BCUT2D eigenvalue weighted by atomic mass is 9.90. The van der Waals surface area contributed by atoms with E-state index in [1.54, 1.807) is 20.8 Å². The number of rotatable bonds is 4. The van der Waals surface area contributed by atoms with Crippen molar-refractivity contribution in [1.29, 1.82) is 0 Å². The van der Waals surface area contributed by atoms with E-state index in [2.05, 4.69) is 0 Å². The van der Waals surface area contributed by atoms with E-state index in [0.717, 1.165) is 25.5 Å². The maximum atomic E-state index is 13.6. The molecule has 0 aromatic carbocycles. The minimum Gasteiger partial charge on any atom is -0.460 e. The van der Waals surface area contributed by atoms with E-state index in [0.29, 0.717) is 19.3 Å². The van der Waals surface area contributed by atoms with E-state index in [1.165, 1.54) is 4.90 Å². The summed E-state index contributed by atoms with van der Waals surface area (Å²) in [5, 5.41) is 10.4. The average Bonchev–Trinajstić information content (AvgIpc) is 3.29. The smallest absolute Gasteiger partial charge is 0.307 e. The number of esters is 1.